The molecule has 0 fully saturated rings. The molecular formula is C20H26N2O5S. The van der Waals surface area contributed by atoms with Crippen molar-refractivity contribution in [3.63, 3.8) is 0 Å². The number of carbonyl (C=O) groups is 1. The maximum Gasteiger partial charge on any atom is 0.251 e. The summed E-state index contributed by atoms with van der Waals surface area (Å²) in [5.74, 6) is 1.16. The summed E-state index contributed by atoms with van der Waals surface area (Å²) in [6, 6.07) is 12.8. The van der Waals surface area contributed by atoms with Gasteiger partial charge in [0, 0.05) is 11.6 Å². The normalized spacial score (nSPS) is 11.3. The molecule has 28 heavy (non-hydrogen) atoms. The van der Waals surface area contributed by atoms with Crippen molar-refractivity contribution < 1.29 is 22.7 Å². The van der Waals surface area contributed by atoms with E-state index in [1.807, 2.05) is 19.1 Å². The Hall–Kier alpha value is -2.58. The topological polar surface area (TPSA) is 93.7 Å². The average Bonchev–Trinajstić information content (AvgIpc) is 2.66. The van der Waals surface area contributed by atoms with Crippen molar-refractivity contribution in [1.29, 1.82) is 0 Å². The van der Waals surface area contributed by atoms with Crippen LogP contribution in [0.5, 0.6) is 11.5 Å². The molecule has 0 atom stereocenters. The summed E-state index contributed by atoms with van der Waals surface area (Å²) >= 11 is 0. The van der Waals surface area contributed by atoms with E-state index in [-0.39, 0.29) is 16.8 Å². The Labute approximate surface area is 166 Å². The summed E-state index contributed by atoms with van der Waals surface area (Å²) < 4.78 is 37.6. The Kier molecular flexibility index (Phi) is 7.83. The highest BCUT2D eigenvalue weighted by molar-refractivity contribution is 7.89. The molecule has 0 aliphatic heterocycles. The van der Waals surface area contributed by atoms with E-state index in [9.17, 15) is 13.2 Å². The molecule has 0 unspecified atom stereocenters. The van der Waals surface area contributed by atoms with Gasteiger partial charge in [0.25, 0.3) is 5.91 Å². The summed E-state index contributed by atoms with van der Waals surface area (Å²) in [5, 5.41) is 2.74. The van der Waals surface area contributed by atoms with Crippen molar-refractivity contribution in [2.24, 2.45) is 0 Å². The van der Waals surface area contributed by atoms with E-state index in [0.717, 1.165) is 5.75 Å². The summed E-state index contributed by atoms with van der Waals surface area (Å²) in [4.78, 5) is 12.3. The lowest BCUT2D eigenvalue weighted by Gasteiger charge is -2.11. The molecular weight excluding hydrogens is 380 g/mol. The van der Waals surface area contributed by atoms with E-state index >= 15 is 0 Å². The van der Waals surface area contributed by atoms with Gasteiger partial charge in [-0.05, 0) is 69.3 Å². The van der Waals surface area contributed by atoms with Gasteiger partial charge in [-0.25, -0.2) is 13.1 Å². The molecule has 2 N–H and O–H groups in total. The first-order valence-electron chi connectivity index (χ1n) is 9.08. The van der Waals surface area contributed by atoms with Gasteiger partial charge in [0.2, 0.25) is 10.0 Å². The SMILES string of the molecule is CCOc1ccc(OCCNC(=O)c2ccc(S(=O)(=O)NC(C)C)cc2)cc1. The van der Waals surface area contributed by atoms with Gasteiger partial charge in [0.15, 0.2) is 0 Å². The third-order valence-corrected chi connectivity index (χ3v) is 5.28. The van der Waals surface area contributed by atoms with Crippen molar-refractivity contribution in [1.82, 2.24) is 10.0 Å². The largest absolute Gasteiger partial charge is 0.494 e. The van der Waals surface area contributed by atoms with Crippen LogP contribution in [0.2, 0.25) is 0 Å². The number of sulfonamides is 1. The van der Waals surface area contributed by atoms with Crippen molar-refractivity contribution in [3.05, 3.63) is 54.1 Å². The molecule has 8 heteroatoms. The maximum absolute atomic E-state index is 12.2. The van der Waals surface area contributed by atoms with Gasteiger partial charge in [0.05, 0.1) is 18.0 Å². The second-order valence-electron chi connectivity index (χ2n) is 6.31. The molecule has 0 bridgehead atoms. The molecule has 152 valence electrons. The molecule has 0 radical (unpaired) electrons. The lowest BCUT2D eigenvalue weighted by atomic mass is 10.2. The van der Waals surface area contributed by atoms with E-state index in [0.29, 0.717) is 31.1 Å². The van der Waals surface area contributed by atoms with Crippen molar-refractivity contribution in [2.75, 3.05) is 19.8 Å². The number of hydrogen-bond acceptors (Lipinski definition) is 5. The Morgan fingerprint density at radius 3 is 2.07 bits per heavy atom. The fourth-order valence-corrected chi connectivity index (χ4v) is 3.65. The van der Waals surface area contributed by atoms with Gasteiger partial charge in [0.1, 0.15) is 18.1 Å². The van der Waals surface area contributed by atoms with Gasteiger partial charge >= 0.3 is 0 Å². The number of rotatable bonds is 10. The molecule has 0 aromatic heterocycles. The minimum Gasteiger partial charge on any atom is -0.494 e. The summed E-state index contributed by atoms with van der Waals surface area (Å²) in [6.45, 7) is 6.64. The first-order chi connectivity index (χ1) is 13.3. The lowest BCUT2D eigenvalue weighted by molar-refractivity contribution is 0.0947. The second-order valence-corrected chi connectivity index (χ2v) is 8.02. The molecule has 0 spiro atoms. The van der Waals surface area contributed by atoms with Crippen LogP contribution in [0.25, 0.3) is 0 Å². The van der Waals surface area contributed by atoms with E-state index in [1.54, 1.807) is 26.0 Å². The van der Waals surface area contributed by atoms with Crippen LogP contribution in [0.4, 0.5) is 0 Å². The summed E-state index contributed by atoms with van der Waals surface area (Å²) in [6.07, 6.45) is 0. The van der Waals surface area contributed by atoms with Crippen LogP contribution in [0.1, 0.15) is 31.1 Å². The Morgan fingerprint density at radius 1 is 0.964 bits per heavy atom. The number of amides is 1. The lowest BCUT2D eigenvalue weighted by Crippen LogP contribution is -2.30. The van der Waals surface area contributed by atoms with Crippen LogP contribution >= 0.6 is 0 Å². The third-order valence-electron chi connectivity index (χ3n) is 3.61. The first kappa shape index (κ1) is 21.7. The highest BCUT2D eigenvalue weighted by Crippen LogP contribution is 2.17. The van der Waals surface area contributed by atoms with Crippen molar-refractivity contribution in [2.45, 2.75) is 31.7 Å². The van der Waals surface area contributed by atoms with Gasteiger partial charge in [-0.2, -0.15) is 0 Å². The molecule has 0 saturated carbocycles. The molecule has 0 heterocycles. The minimum absolute atomic E-state index is 0.122. The van der Waals surface area contributed by atoms with E-state index in [4.69, 9.17) is 9.47 Å². The molecule has 1 amide bonds. The summed E-state index contributed by atoms with van der Waals surface area (Å²) in [7, 11) is -3.57. The quantitative estimate of drug-likeness (QED) is 0.592. The first-order valence-corrected chi connectivity index (χ1v) is 10.6. The molecule has 2 aromatic rings. The number of ether oxygens (including phenoxy) is 2. The number of carbonyl (C=O) groups excluding carboxylic acids is 1. The molecule has 7 nitrogen and oxygen atoms in total. The van der Waals surface area contributed by atoms with E-state index in [2.05, 4.69) is 10.0 Å². The molecule has 2 rings (SSSR count). The van der Waals surface area contributed by atoms with E-state index < -0.39 is 10.0 Å². The maximum atomic E-state index is 12.2. The Morgan fingerprint density at radius 2 is 1.54 bits per heavy atom. The van der Waals surface area contributed by atoms with E-state index in [1.165, 1.54) is 24.3 Å². The molecule has 2 aromatic carbocycles. The average molecular weight is 407 g/mol. The summed E-state index contributed by atoms with van der Waals surface area (Å²) in [5.41, 5.74) is 0.379. The fraction of sp³-hybridized carbons (Fsp3) is 0.350. The zero-order valence-electron chi connectivity index (χ0n) is 16.3. The van der Waals surface area contributed by atoms with Crippen molar-refractivity contribution in [3.8, 4) is 11.5 Å². The van der Waals surface area contributed by atoms with Crippen LogP contribution < -0.4 is 19.5 Å². The monoisotopic (exact) mass is 406 g/mol. The number of benzene rings is 2. The van der Waals surface area contributed by atoms with Crippen LogP contribution in [0, 0.1) is 0 Å². The zero-order valence-corrected chi connectivity index (χ0v) is 17.1. The van der Waals surface area contributed by atoms with Crippen LogP contribution in [0.15, 0.2) is 53.4 Å². The zero-order chi connectivity index (χ0) is 20.6. The smallest absolute Gasteiger partial charge is 0.251 e. The van der Waals surface area contributed by atoms with Crippen LogP contribution in [0.3, 0.4) is 0 Å². The third kappa shape index (κ3) is 6.54. The minimum atomic E-state index is -3.57. The number of hydrogen-bond donors (Lipinski definition) is 2. The predicted octanol–water partition coefficient (Wildman–Crippen LogP) is 2.58. The molecule has 0 saturated heterocycles. The number of nitrogens with one attached hydrogen (secondary N) is 2. The predicted molar refractivity (Wildman–Crippen MR) is 107 cm³/mol. The standard InChI is InChI=1S/C20H26N2O5S/c1-4-26-17-7-9-18(10-8-17)27-14-13-21-20(23)16-5-11-19(12-6-16)28(24,25)22-15(2)3/h5-12,15,22H,4,13-14H2,1-3H3,(H,21,23). The highest BCUT2D eigenvalue weighted by Gasteiger charge is 2.15. The molecule has 0 aliphatic carbocycles. The van der Waals surface area contributed by atoms with Gasteiger partial charge in [-0.1, -0.05) is 0 Å². The van der Waals surface area contributed by atoms with Gasteiger partial charge < -0.3 is 14.8 Å². The second kappa shape index (κ2) is 10.1. The van der Waals surface area contributed by atoms with Crippen LogP contribution in [-0.2, 0) is 10.0 Å². The van der Waals surface area contributed by atoms with Gasteiger partial charge in [-0.15, -0.1) is 0 Å². The van der Waals surface area contributed by atoms with Crippen molar-refractivity contribution >= 4 is 15.9 Å². The fourth-order valence-electron chi connectivity index (χ4n) is 2.40. The van der Waals surface area contributed by atoms with Crippen LogP contribution in [-0.4, -0.2) is 40.1 Å². The highest BCUT2D eigenvalue weighted by atomic mass is 32.2. The Balaban J connectivity index is 1.81. The Bertz CT molecular complexity index is 862. The van der Waals surface area contributed by atoms with Gasteiger partial charge in [-0.3, -0.25) is 4.79 Å². The molecule has 0 aliphatic rings.